The number of aliphatic carboxylic acids is 1. The van der Waals surface area contributed by atoms with Crippen molar-refractivity contribution >= 4 is 29.7 Å². The summed E-state index contributed by atoms with van der Waals surface area (Å²) in [4.78, 5) is 38.2. The number of benzene rings is 2. The van der Waals surface area contributed by atoms with Crippen LogP contribution in [0.15, 0.2) is 60.9 Å². The largest absolute Gasteiger partial charge is 0.481 e. The first-order chi connectivity index (χ1) is 25.2. The lowest BCUT2D eigenvalue weighted by molar-refractivity contribution is -0.141. The van der Waals surface area contributed by atoms with Crippen molar-refractivity contribution in [3.8, 4) is 17.2 Å². The van der Waals surface area contributed by atoms with Gasteiger partial charge in [0.25, 0.3) is 5.91 Å². The number of aliphatic hydroxyl groups excluding tert-OH is 1. The molecule has 266 valence electrons. The second kappa shape index (κ2) is 15.2. The van der Waals surface area contributed by atoms with E-state index < -0.39 is 5.97 Å². The molecule has 1 saturated carbocycles. The van der Waals surface area contributed by atoms with E-state index >= 15 is 0 Å². The maximum atomic E-state index is 13.2. The molecule has 52 heavy (non-hydrogen) atoms. The van der Waals surface area contributed by atoms with Crippen LogP contribution < -0.4 is 5.32 Å². The molecule has 3 aliphatic rings. The van der Waals surface area contributed by atoms with Gasteiger partial charge in [-0.2, -0.15) is 5.26 Å². The lowest BCUT2D eigenvalue weighted by Crippen LogP contribution is -2.23. The van der Waals surface area contributed by atoms with E-state index in [-0.39, 0.29) is 17.9 Å². The smallest absolute Gasteiger partial charge is 0.307 e. The zero-order valence-corrected chi connectivity index (χ0v) is 29.7. The Morgan fingerprint density at radius 3 is 2.46 bits per heavy atom. The van der Waals surface area contributed by atoms with Gasteiger partial charge in [-0.25, -0.2) is 0 Å². The quantitative estimate of drug-likeness (QED) is 0.162. The van der Waals surface area contributed by atoms with Gasteiger partial charge in [-0.1, -0.05) is 36.4 Å². The zero-order chi connectivity index (χ0) is 36.4. The molecule has 4 heterocycles. The number of nitrogens with one attached hydrogen (secondary N) is 1. The number of nitriles is 1. The predicted molar refractivity (Wildman–Crippen MR) is 200 cm³/mol. The average molecular weight is 697 g/mol. The number of aliphatic hydroxyl groups is 1. The molecule has 3 fully saturated rings. The molecule has 0 radical (unpaired) electrons. The Morgan fingerprint density at radius 2 is 1.77 bits per heavy atom. The lowest BCUT2D eigenvalue weighted by Gasteiger charge is -2.19. The van der Waals surface area contributed by atoms with E-state index in [0.29, 0.717) is 54.6 Å². The maximum absolute atomic E-state index is 13.2. The summed E-state index contributed by atoms with van der Waals surface area (Å²) in [7, 11) is 0. The molecule has 10 nitrogen and oxygen atoms in total. The van der Waals surface area contributed by atoms with Crippen LogP contribution in [-0.2, 0) is 17.9 Å². The van der Waals surface area contributed by atoms with E-state index in [1.807, 2.05) is 43.3 Å². The highest BCUT2D eigenvalue weighted by atomic mass is 16.4. The van der Waals surface area contributed by atoms with Gasteiger partial charge >= 0.3 is 5.97 Å². The summed E-state index contributed by atoms with van der Waals surface area (Å²) in [5.41, 5.74) is 10.1. The molecule has 2 aliphatic heterocycles. The number of hydrogen-bond donors (Lipinski definition) is 3. The number of carbonyl (C=O) groups excluding carboxylic acids is 1. The van der Waals surface area contributed by atoms with E-state index in [9.17, 15) is 25.1 Å². The van der Waals surface area contributed by atoms with Gasteiger partial charge in [0.1, 0.15) is 11.8 Å². The summed E-state index contributed by atoms with van der Waals surface area (Å²) in [6.07, 6.45) is 10.9. The summed E-state index contributed by atoms with van der Waals surface area (Å²) in [6, 6.07) is 18.0. The molecular formula is C42H44N6O4. The summed E-state index contributed by atoms with van der Waals surface area (Å²) >= 11 is 0. The first-order valence-electron chi connectivity index (χ1n) is 18.1. The molecule has 0 bridgehead atoms. The van der Waals surface area contributed by atoms with Crippen LogP contribution in [0.5, 0.6) is 0 Å². The van der Waals surface area contributed by atoms with Gasteiger partial charge in [0, 0.05) is 56.4 Å². The molecule has 0 unspecified atom stereocenters. The zero-order valence-electron chi connectivity index (χ0n) is 29.7. The normalized spacial score (nSPS) is 19.3. The van der Waals surface area contributed by atoms with Crippen LogP contribution in [0.25, 0.3) is 23.3 Å². The monoisotopic (exact) mass is 696 g/mol. The number of carboxylic acid groups (broad SMARTS) is 1. The number of likely N-dealkylation sites (tertiary alicyclic amines) is 2. The average Bonchev–Trinajstić information content (AvgIpc) is 3.73. The molecular weight excluding hydrogens is 653 g/mol. The number of β-amino-alcohol motifs (C(OH)–C–C–N with tert-alkyl or cyclic N) is 1. The Hall–Kier alpha value is -5.21. The van der Waals surface area contributed by atoms with Crippen molar-refractivity contribution in [3.63, 3.8) is 0 Å². The second-order valence-corrected chi connectivity index (χ2v) is 14.5. The van der Waals surface area contributed by atoms with Gasteiger partial charge in [0.2, 0.25) is 0 Å². The number of aromatic nitrogens is 2. The van der Waals surface area contributed by atoms with Crippen molar-refractivity contribution in [1.82, 2.24) is 19.8 Å². The number of pyridine rings is 2. The standard InChI is InChI=1S/C42H44N6O4/c1-26-18-30(36(29-7-8-29)19-32(26)24-48-16-13-31(23-48)42(51)52)9-11-39-37(20-43)35(12-15-44-39)34-4-3-5-38(27(34)2)46-41(50)40-10-6-28(21-45-40)22-47-17-14-33(49)25-47/h3-6,9-12,15,18-19,21,29,31,33,49H,7-8,13-14,16-17,22-25H2,1-2H3,(H,46,50)(H,51,52)/b11-9+/t31-,33-/m1/s1. The third-order valence-corrected chi connectivity index (χ3v) is 10.7. The van der Waals surface area contributed by atoms with Gasteiger partial charge in [0.05, 0.1) is 23.3 Å². The Kier molecular flexibility index (Phi) is 10.3. The third-order valence-electron chi connectivity index (χ3n) is 10.7. The van der Waals surface area contributed by atoms with E-state index in [2.05, 4.69) is 56.3 Å². The molecule has 1 amide bonds. The summed E-state index contributed by atoms with van der Waals surface area (Å²) in [5, 5.41) is 32.7. The molecule has 10 heteroatoms. The van der Waals surface area contributed by atoms with Gasteiger partial charge < -0.3 is 15.5 Å². The number of rotatable bonds is 11. The van der Waals surface area contributed by atoms with Crippen LogP contribution in [0.4, 0.5) is 5.69 Å². The summed E-state index contributed by atoms with van der Waals surface area (Å²) < 4.78 is 0. The van der Waals surface area contributed by atoms with Crippen molar-refractivity contribution in [2.45, 2.75) is 64.6 Å². The van der Waals surface area contributed by atoms with Crippen LogP contribution in [0.1, 0.15) is 86.7 Å². The topological polar surface area (TPSA) is 143 Å². The van der Waals surface area contributed by atoms with Crippen molar-refractivity contribution in [1.29, 1.82) is 5.26 Å². The Labute approximate surface area is 304 Å². The number of carboxylic acids is 1. The molecule has 2 aromatic carbocycles. The SMILES string of the molecule is Cc1cc(/C=C/c2nccc(-c3cccc(NC(=O)c4ccc(CN5CC[C@@H](O)C5)cn4)c3C)c2C#N)c(C2CC2)cc1CN1CC[C@@H](C(=O)O)C1. The number of anilines is 1. The number of hydrogen-bond acceptors (Lipinski definition) is 8. The number of carbonyl (C=O) groups is 2. The second-order valence-electron chi connectivity index (χ2n) is 14.5. The minimum Gasteiger partial charge on any atom is -0.481 e. The summed E-state index contributed by atoms with van der Waals surface area (Å²) in [6.45, 7) is 8.33. The van der Waals surface area contributed by atoms with Crippen molar-refractivity contribution in [2.24, 2.45) is 5.92 Å². The van der Waals surface area contributed by atoms with Crippen LogP contribution in [0.3, 0.4) is 0 Å². The molecule has 2 aromatic heterocycles. The molecule has 0 spiro atoms. The van der Waals surface area contributed by atoms with Gasteiger partial charge in [-0.3, -0.25) is 29.4 Å². The molecule has 2 saturated heterocycles. The molecule has 3 N–H and O–H groups in total. The highest BCUT2D eigenvalue weighted by molar-refractivity contribution is 6.04. The van der Waals surface area contributed by atoms with E-state index in [4.69, 9.17) is 0 Å². The van der Waals surface area contributed by atoms with Gasteiger partial charge in [-0.15, -0.1) is 0 Å². The number of amides is 1. The van der Waals surface area contributed by atoms with Crippen LogP contribution in [-0.4, -0.2) is 74.1 Å². The highest BCUT2D eigenvalue weighted by Crippen LogP contribution is 2.43. The van der Waals surface area contributed by atoms with E-state index in [0.717, 1.165) is 72.3 Å². The molecule has 1 aliphatic carbocycles. The predicted octanol–water partition coefficient (Wildman–Crippen LogP) is 6.41. The Bertz CT molecular complexity index is 2070. The van der Waals surface area contributed by atoms with Crippen molar-refractivity contribution < 1.29 is 19.8 Å². The maximum Gasteiger partial charge on any atom is 0.307 e. The third kappa shape index (κ3) is 7.82. The van der Waals surface area contributed by atoms with Gasteiger partial charge in [-0.05, 0) is 115 Å². The Morgan fingerprint density at radius 1 is 0.962 bits per heavy atom. The lowest BCUT2D eigenvalue weighted by atomic mass is 9.93. The fourth-order valence-corrected chi connectivity index (χ4v) is 7.51. The molecule has 4 aromatic rings. The van der Waals surface area contributed by atoms with Crippen LogP contribution >= 0.6 is 0 Å². The minimum atomic E-state index is -0.714. The Balaban J connectivity index is 1.09. The minimum absolute atomic E-state index is 0.284. The van der Waals surface area contributed by atoms with Gasteiger partial charge in [0.15, 0.2) is 0 Å². The van der Waals surface area contributed by atoms with E-state index in [1.165, 1.54) is 11.1 Å². The first kappa shape index (κ1) is 35.2. The fraction of sp³-hybridized carbons (Fsp3) is 0.357. The van der Waals surface area contributed by atoms with Crippen LogP contribution in [0, 0.1) is 31.1 Å². The fourth-order valence-electron chi connectivity index (χ4n) is 7.51. The summed E-state index contributed by atoms with van der Waals surface area (Å²) in [5.74, 6) is -0.831. The molecule has 7 rings (SSSR count). The highest BCUT2D eigenvalue weighted by Gasteiger charge is 2.30. The van der Waals surface area contributed by atoms with Crippen LogP contribution in [0.2, 0.25) is 0 Å². The number of aryl methyl sites for hydroxylation is 1. The van der Waals surface area contributed by atoms with Crippen molar-refractivity contribution in [2.75, 3.05) is 31.5 Å². The van der Waals surface area contributed by atoms with E-state index in [1.54, 1.807) is 18.5 Å². The van der Waals surface area contributed by atoms with Crippen molar-refractivity contribution in [3.05, 3.63) is 111 Å². The molecule has 2 atom stereocenters. The first-order valence-corrected chi connectivity index (χ1v) is 18.1. The number of nitrogens with zero attached hydrogens (tertiary/aromatic N) is 5.